The highest BCUT2D eigenvalue weighted by atomic mass is 32.2. The van der Waals surface area contributed by atoms with Crippen molar-refractivity contribution in [2.45, 2.75) is 5.22 Å². The second-order valence-corrected chi connectivity index (χ2v) is 5.71. The maximum atomic E-state index is 11.9. The molecule has 1 amide bonds. The molecular formula is C16H11N3O3S. The van der Waals surface area contributed by atoms with Crippen LogP contribution in [0.2, 0.25) is 0 Å². The number of hydrogen-bond acceptors (Lipinski definition) is 6. The molecule has 0 radical (unpaired) electrons. The number of carbonyl (C=O) groups excluding carboxylic acids is 1. The first-order chi connectivity index (χ1) is 11.3. The summed E-state index contributed by atoms with van der Waals surface area (Å²) in [6, 6.07) is 14.6. The molecule has 0 spiro atoms. The minimum absolute atomic E-state index is 0.289. The number of para-hydroxylation sites is 3. The Hall–Kier alpha value is -2.80. The topological polar surface area (TPSA) is 76.7 Å². The lowest BCUT2D eigenvalue weighted by Gasteiger charge is -2.06. The van der Waals surface area contributed by atoms with Crippen LogP contribution < -0.4 is 10.2 Å². The van der Waals surface area contributed by atoms with Crippen molar-refractivity contribution in [1.29, 1.82) is 0 Å². The van der Waals surface area contributed by atoms with Crippen LogP contribution in [0.1, 0.15) is 10.4 Å². The van der Waals surface area contributed by atoms with Crippen molar-refractivity contribution in [3.05, 3.63) is 54.1 Å². The molecule has 0 fully saturated rings. The van der Waals surface area contributed by atoms with Crippen molar-refractivity contribution in [1.82, 2.24) is 10.4 Å². The molecule has 23 heavy (non-hydrogen) atoms. The van der Waals surface area contributed by atoms with Gasteiger partial charge in [0.1, 0.15) is 11.3 Å². The maximum Gasteiger partial charge on any atom is 0.275 e. The smallest absolute Gasteiger partial charge is 0.275 e. The molecule has 0 unspecified atom stereocenters. The lowest BCUT2D eigenvalue weighted by atomic mass is 10.2. The van der Waals surface area contributed by atoms with Gasteiger partial charge in [-0.15, -0.1) is 5.10 Å². The fraction of sp³-hybridized carbons (Fsp3) is 0.0625. The largest absolute Gasteiger partial charge is 0.440 e. The Morgan fingerprint density at radius 1 is 1.09 bits per heavy atom. The fourth-order valence-corrected chi connectivity index (χ4v) is 2.85. The van der Waals surface area contributed by atoms with Crippen molar-refractivity contribution >= 4 is 34.7 Å². The standard InChI is InChI=1S/C16H11N3O3S/c20-15-10-5-1-3-7-12(10)21-14(18-19-15)9-23-16-17-11-6-2-4-8-13(11)22-16/h1-8H,9H2,(H,19,20). The first-order valence-electron chi connectivity index (χ1n) is 6.92. The lowest BCUT2D eigenvalue weighted by Crippen LogP contribution is -2.18. The predicted molar refractivity (Wildman–Crippen MR) is 86.7 cm³/mol. The van der Waals surface area contributed by atoms with Gasteiger partial charge in [-0.25, -0.2) is 10.4 Å². The molecule has 7 heteroatoms. The van der Waals surface area contributed by atoms with Gasteiger partial charge in [0.2, 0.25) is 5.90 Å². The zero-order valence-electron chi connectivity index (χ0n) is 11.9. The summed E-state index contributed by atoms with van der Waals surface area (Å²) in [4.78, 5) is 16.3. The molecule has 0 atom stereocenters. The highest BCUT2D eigenvalue weighted by Gasteiger charge is 2.19. The Kier molecular flexibility index (Phi) is 3.47. The Morgan fingerprint density at radius 3 is 2.83 bits per heavy atom. The minimum Gasteiger partial charge on any atom is -0.440 e. The molecule has 0 saturated carbocycles. The molecule has 4 rings (SSSR count). The van der Waals surface area contributed by atoms with Crippen molar-refractivity contribution in [2.75, 3.05) is 5.75 Å². The van der Waals surface area contributed by atoms with Crippen LogP contribution in [-0.4, -0.2) is 22.5 Å². The van der Waals surface area contributed by atoms with E-state index in [0.29, 0.717) is 28.2 Å². The van der Waals surface area contributed by atoms with Crippen LogP contribution in [0.4, 0.5) is 0 Å². The molecule has 1 N–H and O–H groups in total. The number of thioether (sulfide) groups is 1. The van der Waals surface area contributed by atoms with Crippen molar-refractivity contribution < 1.29 is 13.9 Å². The number of fused-ring (bicyclic) bond motifs is 2. The Morgan fingerprint density at radius 2 is 1.91 bits per heavy atom. The highest BCUT2D eigenvalue weighted by Crippen LogP contribution is 2.25. The summed E-state index contributed by atoms with van der Waals surface area (Å²) < 4.78 is 11.3. The van der Waals surface area contributed by atoms with Gasteiger partial charge in [0.05, 0.1) is 11.3 Å². The summed E-state index contributed by atoms with van der Waals surface area (Å²) in [5.74, 6) is 0.971. The highest BCUT2D eigenvalue weighted by molar-refractivity contribution is 7.99. The van der Waals surface area contributed by atoms with E-state index in [-0.39, 0.29) is 5.91 Å². The third-order valence-corrected chi connectivity index (χ3v) is 4.05. The molecule has 2 aromatic carbocycles. The molecule has 3 aromatic rings. The van der Waals surface area contributed by atoms with E-state index in [1.165, 1.54) is 11.8 Å². The van der Waals surface area contributed by atoms with Gasteiger partial charge in [-0.2, -0.15) is 0 Å². The number of hydrogen-bond donors (Lipinski definition) is 1. The first-order valence-corrected chi connectivity index (χ1v) is 7.90. The Bertz CT molecular complexity index is 887. The van der Waals surface area contributed by atoms with Gasteiger partial charge < -0.3 is 9.15 Å². The minimum atomic E-state index is -0.289. The van der Waals surface area contributed by atoms with Crippen LogP contribution in [0.3, 0.4) is 0 Å². The number of amides is 1. The summed E-state index contributed by atoms with van der Waals surface area (Å²) in [6.07, 6.45) is 0. The number of oxazole rings is 1. The molecule has 0 aliphatic carbocycles. The molecule has 2 heterocycles. The zero-order valence-corrected chi connectivity index (χ0v) is 12.7. The summed E-state index contributed by atoms with van der Waals surface area (Å²) in [5.41, 5.74) is 4.47. The van der Waals surface area contributed by atoms with E-state index in [1.807, 2.05) is 30.3 Å². The monoisotopic (exact) mass is 325 g/mol. The van der Waals surface area contributed by atoms with Gasteiger partial charge in [-0.05, 0) is 24.3 Å². The van der Waals surface area contributed by atoms with E-state index < -0.39 is 0 Å². The van der Waals surface area contributed by atoms with E-state index in [4.69, 9.17) is 9.15 Å². The number of carbonyl (C=O) groups is 1. The second-order valence-electron chi connectivity index (χ2n) is 4.78. The van der Waals surface area contributed by atoms with Crippen LogP contribution >= 0.6 is 11.8 Å². The number of nitrogens with zero attached hydrogens (tertiary/aromatic N) is 2. The van der Waals surface area contributed by atoms with Gasteiger partial charge in [-0.1, -0.05) is 36.0 Å². The number of benzene rings is 2. The van der Waals surface area contributed by atoms with Crippen LogP contribution in [0.25, 0.3) is 11.1 Å². The first kappa shape index (κ1) is 13.8. The van der Waals surface area contributed by atoms with E-state index in [9.17, 15) is 4.79 Å². The summed E-state index contributed by atoms with van der Waals surface area (Å²) in [5, 5.41) is 4.52. The number of nitrogens with one attached hydrogen (secondary N) is 1. The molecule has 6 nitrogen and oxygen atoms in total. The second kappa shape index (κ2) is 5.77. The average molecular weight is 325 g/mol. The quantitative estimate of drug-likeness (QED) is 0.749. The van der Waals surface area contributed by atoms with Crippen molar-refractivity contribution in [3.63, 3.8) is 0 Å². The third-order valence-electron chi connectivity index (χ3n) is 3.23. The number of rotatable bonds is 3. The molecule has 1 aliphatic heterocycles. The van der Waals surface area contributed by atoms with Gasteiger partial charge in [0, 0.05) is 0 Å². The number of ether oxygens (including phenoxy) is 1. The van der Waals surface area contributed by atoms with E-state index >= 15 is 0 Å². The predicted octanol–water partition coefficient (Wildman–Crippen LogP) is 3.06. The SMILES string of the molecule is O=C1NN=C(CSc2nc3ccccc3o2)Oc2ccccc21. The lowest BCUT2D eigenvalue weighted by molar-refractivity contribution is 0.0955. The van der Waals surface area contributed by atoms with Gasteiger partial charge in [0.25, 0.3) is 11.1 Å². The van der Waals surface area contributed by atoms with Gasteiger partial charge >= 0.3 is 0 Å². The van der Waals surface area contributed by atoms with Crippen molar-refractivity contribution in [3.8, 4) is 5.75 Å². The third kappa shape index (κ3) is 2.78. The molecule has 1 aromatic heterocycles. The molecule has 114 valence electrons. The summed E-state index contributed by atoms with van der Waals surface area (Å²) >= 11 is 1.35. The van der Waals surface area contributed by atoms with E-state index in [2.05, 4.69) is 15.5 Å². The average Bonchev–Trinajstić information content (AvgIpc) is 2.93. The summed E-state index contributed by atoms with van der Waals surface area (Å²) in [7, 11) is 0. The van der Waals surface area contributed by atoms with Crippen LogP contribution in [0.5, 0.6) is 5.75 Å². The van der Waals surface area contributed by atoms with Crippen LogP contribution in [0, 0.1) is 0 Å². The van der Waals surface area contributed by atoms with Crippen molar-refractivity contribution in [2.24, 2.45) is 5.10 Å². The van der Waals surface area contributed by atoms with E-state index in [0.717, 1.165) is 11.1 Å². The molecular weight excluding hydrogens is 314 g/mol. The zero-order chi connectivity index (χ0) is 15.6. The molecule has 1 aliphatic rings. The van der Waals surface area contributed by atoms with Crippen LogP contribution in [-0.2, 0) is 0 Å². The normalized spacial score (nSPS) is 13.7. The van der Waals surface area contributed by atoms with Gasteiger partial charge in [0.15, 0.2) is 5.58 Å². The Balaban J connectivity index is 1.52. The molecule has 0 saturated heterocycles. The van der Waals surface area contributed by atoms with Crippen LogP contribution in [0.15, 0.2) is 63.3 Å². The Labute approximate surface area is 135 Å². The number of aromatic nitrogens is 1. The molecule has 0 bridgehead atoms. The number of hydrazone groups is 1. The summed E-state index contributed by atoms with van der Waals surface area (Å²) in [6.45, 7) is 0. The van der Waals surface area contributed by atoms with Gasteiger partial charge in [-0.3, -0.25) is 4.79 Å². The maximum absolute atomic E-state index is 11.9. The van der Waals surface area contributed by atoms with E-state index in [1.54, 1.807) is 18.2 Å². The fourth-order valence-electron chi connectivity index (χ4n) is 2.16.